The maximum absolute atomic E-state index is 12.7. The second-order valence-electron chi connectivity index (χ2n) is 5.61. The summed E-state index contributed by atoms with van der Waals surface area (Å²) in [6.45, 7) is 6.04. The molecule has 0 aromatic carbocycles. The van der Waals surface area contributed by atoms with Crippen LogP contribution in [0.2, 0.25) is 0 Å². The molecule has 0 atom stereocenters. The fraction of sp³-hybridized carbons (Fsp3) is 0.500. The summed E-state index contributed by atoms with van der Waals surface area (Å²) < 4.78 is 4.32. The molecule has 20 heavy (non-hydrogen) atoms. The number of pyridine rings is 1. The van der Waals surface area contributed by atoms with Crippen LogP contribution in [0.15, 0.2) is 16.9 Å². The van der Waals surface area contributed by atoms with E-state index in [0.29, 0.717) is 22.2 Å². The average molecular weight is 290 g/mol. The fourth-order valence-electron chi connectivity index (χ4n) is 2.58. The van der Waals surface area contributed by atoms with Crippen LogP contribution in [0.5, 0.6) is 0 Å². The number of H-pyrrole nitrogens is 1. The Hall–Kier alpha value is -1.69. The van der Waals surface area contributed by atoms with Gasteiger partial charge in [0, 0.05) is 17.8 Å². The van der Waals surface area contributed by atoms with Gasteiger partial charge in [0.2, 0.25) is 0 Å². The molecule has 2 aromatic heterocycles. The summed E-state index contributed by atoms with van der Waals surface area (Å²) in [6.07, 6.45) is 2.17. The van der Waals surface area contributed by atoms with E-state index < -0.39 is 0 Å². The lowest BCUT2D eigenvalue weighted by molar-refractivity contribution is 0.595. The summed E-state index contributed by atoms with van der Waals surface area (Å²) in [5.41, 5.74) is 1.65. The first-order valence-electron chi connectivity index (χ1n) is 6.90. The molecule has 0 unspecified atom stereocenters. The molecule has 3 rings (SSSR count). The highest BCUT2D eigenvalue weighted by Crippen LogP contribution is 2.35. The predicted molar refractivity (Wildman–Crippen MR) is 80.5 cm³/mol. The molecular formula is C14H18N4OS. The molecule has 0 bridgehead atoms. The van der Waals surface area contributed by atoms with Crippen LogP contribution < -0.4 is 5.56 Å². The normalized spacial score (nSPS) is 15.0. The van der Waals surface area contributed by atoms with Crippen LogP contribution in [0.1, 0.15) is 44.5 Å². The van der Waals surface area contributed by atoms with Crippen molar-refractivity contribution in [2.75, 3.05) is 0 Å². The van der Waals surface area contributed by atoms with Crippen molar-refractivity contribution in [1.82, 2.24) is 19.3 Å². The van der Waals surface area contributed by atoms with Crippen LogP contribution in [-0.2, 0) is 0 Å². The van der Waals surface area contributed by atoms with E-state index >= 15 is 0 Å². The van der Waals surface area contributed by atoms with Crippen LogP contribution in [0.3, 0.4) is 0 Å². The summed E-state index contributed by atoms with van der Waals surface area (Å²) in [6, 6.07) is 4.35. The zero-order chi connectivity index (χ0) is 14.4. The van der Waals surface area contributed by atoms with E-state index in [4.69, 9.17) is 12.2 Å². The Balaban J connectivity index is 2.24. The standard InChI is InChI=1S/C14H18N4OS/c1-8(2)17-12(15-16-14(17)20)11-7-4-9(3)18(13(11)19)10-5-6-10/h4,7-8,10H,5-6H2,1-3H3,(H,16,20). The second kappa shape index (κ2) is 4.70. The van der Waals surface area contributed by atoms with Crippen LogP contribution in [0.25, 0.3) is 11.4 Å². The molecule has 0 aliphatic heterocycles. The van der Waals surface area contributed by atoms with Crippen molar-refractivity contribution in [2.45, 2.75) is 45.7 Å². The third-order valence-corrected chi connectivity index (χ3v) is 3.98. The lowest BCUT2D eigenvalue weighted by Crippen LogP contribution is -2.24. The largest absolute Gasteiger partial charge is 0.309 e. The van der Waals surface area contributed by atoms with Gasteiger partial charge in [-0.25, -0.2) is 0 Å². The van der Waals surface area contributed by atoms with E-state index in [-0.39, 0.29) is 11.6 Å². The zero-order valence-electron chi connectivity index (χ0n) is 11.9. The van der Waals surface area contributed by atoms with Gasteiger partial charge in [-0.15, -0.1) is 0 Å². The molecule has 0 amide bonds. The van der Waals surface area contributed by atoms with Gasteiger partial charge in [0.05, 0.1) is 5.56 Å². The molecule has 1 aliphatic rings. The molecule has 106 valence electrons. The van der Waals surface area contributed by atoms with Crippen molar-refractivity contribution in [3.63, 3.8) is 0 Å². The Morgan fingerprint density at radius 1 is 1.40 bits per heavy atom. The molecule has 0 saturated heterocycles. The number of aromatic nitrogens is 4. The van der Waals surface area contributed by atoms with Crippen molar-refractivity contribution in [1.29, 1.82) is 0 Å². The molecular weight excluding hydrogens is 272 g/mol. The molecule has 5 nitrogen and oxygen atoms in total. The van der Waals surface area contributed by atoms with Crippen LogP contribution >= 0.6 is 12.2 Å². The van der Waals surface area contributed by atoms with E-state index in [1.165, 1.54) is 0 Å². The van der Waals surface area contributed by atoms with Crippen LogP contribution in [-0.4, -0.2) is 19.3 Å². The Bertz CT molecular complexity index is 764. The highest BCUT2D eigenvalue weighted by Gasteiger charge is 2.27. The molecule has 1 fully saturated rings. The van der Waals surface area contributed by atoms with Gasteiger partial charge in [-0.1, -0.05) is 0 Å². The Labute approximate surface area is 122 Å². The SMILES string of the molecule is Cc1ccc(-c2n[nH]c(=S)n2C(C)C)c(=O)n1C1CC1. The minimum Gasteiger partial charge on any atom is -0.309 e. The van der Waals surface area contributed by atoms with Crippen molar-refractivity contribution in [3.8, 4) is 11.4 Å². The van der Waals surface area contributed by atoms with Crippen LogP contribution in [0.4, 0.5) is 0 Å². The van der Waals surface area contributed by atoms with Gasteiger partial charge in [-0.05, 0) is 58.0 Å². The molecule has 1 aliphatic carbocycles. The summed E-state index contributed by atoms with van der Waals surface area (Å²) in [5.74, 6) is 0.629. The number of rotatable bonds is 3. The summed E-state index contributed by atoms with van der Waals surface area (Å²) in [5, 5.41) is 7.04. The maximum atomic E-state index is 12.7. The number of hydrogen-bond acceptors (Lipinski definition) is 3. The van der Waals surface area contributed by atoms with E-state index in [9.17, 15) is 4.79 Å². The third-order valence-electron chi connectivity index (χ3n) is 3.69. The van der Waals surface area contributed by atoms with Gasteiger partial charge >= 0.3 is 0 Å². The lowest BCUT2D eigenvalue weighted by Gasteiger charge is -2.13. The van der Waals surface area contributed by atoms with E-state index in [2.05, 4.69) is 10.2 Å². The van der Waals surface area contributed by atoms with Crippen LogP contribution in [0, 0.1) is 11.7 Å². The molecule has 0 radical (unpaired) electrons. The predicted octanol–water partition coefficient (Wildman–Crippen LogP) is 2.99. The highest BCUT2D eigenvalue weighted by molar-refractivity contribution is 7.71. The maximum Gasteiger partial charge on any atom is 0.262 e. The van der Waals surface area contributed by atoms with Gasteiger partial charge in [-0.2, -0.15) is 5.10 Å². The Morgan fingerprint density at radius 2 is 2.10 bits per heavy atom. The van der Waals surface area contributed by atoms with Crippen molar-refractivity contribution in [3.05, 3.63) is 33.0 Å². The van der Waals surface area contributed by atoms with Gasteiger partial charge in [0.15, 0.2) is 10.6 Å². The molecule has 0 spiro atoms. The van der Waals surface area contributed by atoms with Gasteiger partial charge < -0.3 is 4.57 Å². The van der Waals surface area contributed by atoms with Crippen molar-refractivity contribution in [2.24, 2.45) is 0 Å². The zero-order valence-corrected chi connectivity index (χ0v) is 12.7. The smallest absolute Gasteiger partial charge is 0.262 e. The Kier molecular flexibility index (Phi) is 3.12. The third kappa shape index (κ3) is 2.04. The molecule has 6 heteroatoms. The first-order valence-corrected chi connectivity index (χ1v) is 7.31. The summed E-state index contributed by atoms with van der Waals surface area (Å²) in [4.78, 5) is 12.7. The quantitative estimate of drug-likeness (QED) is 0.884. The highest BCUT2D eigenvalue weighted by atomic mass is 32.1. The number of aromatic amines is 1. The van der Waals surface area contributed by atoms with Gasteiger partial charge in [-0.3, -0.25) is 14.5 Å². The molecule has 1 N–H and O–H groups in total. The second-order valence-corrected chi connectivity index (χ2v) is 6.00. The first-order chi connectivity index (χ1) is 9.50. The number of nitrogens with one attached hydrogen (secondary N) is 1. The van der Waals surface area contributed by atoms with Crippen molar-refractivity contribution < 1.29 is 0 Å². The van der Waals surface area contributed by atoms with E-state index in [1.807, 2.05) is 42.0 Å². The van der Waals surface area contributed by atoms with Crippen molar-refractivity contribution >= 4 is 12.2 Å². The van der Waals surface area contributed by atoms with E-state index in [0.717, 1.165) is 18.5 Å². The minimum atomic E-state index is 0.0309. The van der Waals surface area contributed by atoms with Gasteiger partial charge in [0.1, 0.15) is 0 Å². The lowest BCUT2D eigenvalue weighted by atomic mass is 10.2. The fourth-order valence-corrected chi connectivity index (χ4v) is 2.92. The molecule has 2 heterocycles. The summed E-state index contributed by atoms with van der Waals surface area (Å²) in [7, 11) is 0. The number of aryl methyl sites for hydroxylation is 1. The minimum absolute atomic E-state index is 0.0309. The van der Waals surface area contributed by atoms with E-state index in [1.54, 1.807) is 0 Å². The molecule has 1 saturated carbocycles. The number of nitrogens with zero attached hydrogens (tertiary/aromatic N) is 3. The Morgan fingerprint density at radius 3 is 2.70 bits per heavy atom. The van der Waals surface area contributed by atoms with Gasteiger partial charge in [0.25, 0.3) is 5.56 Å². The summed E-state index contributed by atoms with van der Waals surface area (Å²) >= 11 is 5.25. The number of hydrogen-bond donors (Lipinski definition) is 1. The average Bonchev–Trinajstić information content (AvgIpc) is 3.12. The topological polar surface area (TPSA) is 55.6 Å². The molecule has 2 aromatic rings. The monoisotopic (exact) mass is 290 g/mol. The first kappa shape index (κ1) is 13.3.